The number of aromatic nitrogens is 1. The molecule has 0 fully saturated rings. The number of H-pyrrole nitrogens is 1. The molecule has 1 aromatic heterocycles. The number of ether oxygens (including phenoxy) is 1. The molecule has 30 heavy (non-hydrogen) atoms. The summed E-state index contributed by atoms with van der Waals surface area (Å²) < 4.78 is 18.4. The van der Waals surface area contributed by atoms with Gasteiger partial charge in [-0.1, -0.05) is 0 Å². The second kappa shape index (κ2) is 8.77. The first-order chi connectivity index (χ1) is 14.3. The van der Waals surface area contributed by atoms with Crippen LogP contribution < -0.4 is 10.6 Å². The maximum atomic E-state index is 13.2. The number of amides is 2. The molecule has 0 unspecified atom stereocenters. The van der Waals surface area contributed by atoms with Crippen molar-refractivity contribution < 1.29 is 23.5 Å². The smallest absolute Gasteiger partial charge is 0.338 e. The Kier molecular flexibility index (Phi) is 6.15. The average Bonchev–Trinajstić information content (AvgIpc) is 3.00. The van der Waals surface area contributed by atoms with Crippen LogP contribution in [0.25, 0.3) is 10.9 Å². The van der Waals surface area contributed by atoms with Gasteiger partial charge in [0.15, 0.2) is 6.61 Å². The summed E-state index contributed by atoms with van der Waals surface area (Å²) in [5.41, 5.74) is 8.82. The van der Waals surface area contributed by atoms with E-state index in [9.17, 15) is 18.8 Å². The third kappa shape index (κ3) is 4.65. The number of aromatic amines is 1. The molecule has 156 valence electrons. The lowest BCUT2D eigenvalue weighted by Gasteiger charge is -2.22. The van der Waals surface area contributed by atoms with Gasteiger partial charge in [0.1, 0.15) is 5.82 Å². The Hall–Kier alpha value is -3.68. The molecule has 0 aliphatic carbocycles. The molecule has 7 nitrogen and oxygen atoms in total. The number of hydrogen-bond acceptors (Lipinski definition) is 4. The van der Waals surface area contributed by atoms with Crippen molar-refractivity contribution >= 4 is 34.4 Å². The fourth-order valence-electron chi connectivity index (χ4n) is 3.12. The second-order valence-electron chi connectivity index (χ2n) is 6.95. The number of nitrogens with one attached hydrogen (secondary N) is 1. The Balaban J connectivity index is 1.72. The van der Waals surface area contributed by atoms with Gasteiger partial charge < -0.3 is 20.4 Å². The Morgan fingerprint density at radius 2 is 1.80 bits per heavy atom. The SMILES string of the molecule is Cc1[nH]c2ccc(C(=O)OCC(=O)N(CCC(N)=O)c3ccc(F)cc3)cc2c1C. The van der Waals surface area contributed by atoms with Crippen molar-refractivity contribution in [2.24, 2.45) is 5.73 Å². The Bertz CT molecular complexity index is 1110. The van der Waals surface area contributed by atoms with E-state index in [-0.39, 0.29) is 13.0 Å². The maximum absolute atomic E-state index is 13.2. The van der Waals surface area contributed by atoms with E-state index in [1.165, 1.54) is 29.2 Å². The first-order valence-electron chi connectivity index (χ1n) is 9.36. The van der Waals surface area contributed by atoms with Gasteiger partial charge in [-0.3, -0.25) is 9.59 Å². The number of halogens is 1. The zero-order valence-corrected chi connectivity index (χ0v) is 16.7. The highest BCUT2D eigenvalue weighted by Crippen LogP contribution is 2.23. The molecule has 0 radical (unpaired) electrons. The number of nitrogens with two attached hydrogens (primary N) is 1. The summed E-state index contributed by atoms with van der Waals surface area (Å²) in [5.74, 6) is -2.24. The molecule has 0 aliphatic heterocycles. The van der Waals surface area contributed by atoms with E-state index in [2.05, 4.69) is 4.98 Å². The number of carbonyl (C=O) groups is 3. The first-order valence-corrected chi connectivity index (χ1v) is 9.36. The minimum atomic E-state index is -0.641. The van der Waals surface area contributed by atoms with E-state index in [1.54, 1.807) is 18.2 Å². The number of carbonyl (C=O) groups excluding carboxylic acids is 3. The van der Waals surface area contributed by atoms with E-state index >= 15 is 0 Å². The third-order valence-electron chi connectivity index (χ3n) is 4.89. The Labute approximate surface area is 172 Å². The normalized spacial score (nSPS) is 10.8. The minimum Gasteiger partial charge on any atom is -0.452 e. The Morgan fingerprint density at radius 1 is 1.10 bits per heavy atom. The fourth-order valence-corrected chi connectivity index (χ4v) is 3.12. The van der Waals surface area contributed by atoms with Crippen LogP contribution in [0.3, 0.4) is 0 Å². The zero-order valence-electron chi connectivity index (χ0n) is 16.7. The molecule has 3 N–H and O–H groups in total. The molecule has 3 aromatic rings. The quantitative estimate of drug-likeness (QED) is 0.583. The van der Waals surface area contributed by atoms with Gasteiger partial charge >= 0.3 is 5.97 Å². The molecule has 0 saturated carbocycles. The summed E-state index contributed by atoms with van der Waals surface area (Å²) in [6, 6.07) is 10.3. The summed E-state index contributed by atoms with van der Waals surface area (Å²) >= 11 is 0. The number of primary amides is 1. The lowest BCUT2D eigenvalue weighted by molar-refractivity contribution is -0.121. The van der Waals surface area contributed by atoms with Gasteiger partial charge in [0.05, 0.1) is 5.56 Å². The molecule has 2 aromatic carbocycles. The Morgan fingerprint density at radius 3 is 2.47 bits per heavy atom. The number of hydrogen-bond donors (Lipinski definition) is 2. The van der Waals surface area contributed by atoms with Gasteiger partial charge in [-0.25, -0.2) is 9.18 Å². The lowest BCUT2D eigenvalue weighted by atomic mass is 10.1. The molecule has 0 bridgehead atoms. The lowest BCUT2D eigenvalue weighted by Crippen LogP contribution is -2.37. The fraction of sp³-hybridized carbons (Fsp3) is 0.227. The van der Waals surface area contributed by atoms with E-state index in [1.807, 2.05) is 13.8 Å². The third-order valence-corrected chi connectivity index (χ3v) is 4.89. The minimum absolute atomic E-state index is 0.00880. The van der Waals surface area contributed by atoms with E-state index in [0.29, 0.717) is 11.3 Å². The van der Waals surface area contributed by atoms with Crippen molar-refractivity contribution in [3.8, 4) is 0 Å². The zero-order chi connectivity index (χ0) is 21.8. The molecule has 2 amide bonds. The highest BCUT2D eigenvalue weighted by Gasteiger charge is 2.19. The first kappa shape index (κ1) is 21.0. The van der Waals surface area contributed by atoms with E-state index in [0.717, 1.165) is 22.2 Å². The predicted molar refractivity (Wildman–Crippen MR) is 111 cm³/mol. The summed E-state index contributed by atoms with van der Waals surface area (Å²) in [7, 11) is 0. The molecule has 3 rings (SSSR count). The van der Waals surface area contributed by atoms with Crippen LogP contribution in [0.1, 0.15) is 28.0 Å². The molecule has 0 aliphatic rings. The second-order valence-corrected chi connectivity index (χ2v) is 6.95. The van der Waals surface area contributed by atoms with Crippen molar-refractivity contribution in [2.45, 2.75) is 20.3 Å². The van der Waals surface area contributed by atoms with Crippen LogP contribution in [0.15, 0.2) is 42.5 Å². The largest absolute Gasteiger partial charge is 0.452 e. The predicted octanol–water partition coefficient (Wildman–Crippen LogP) is 2.99. The number of benzene rings is 2. The van der Waals surface area contributed by atoms with Gasteiger partial charge in [0.25, 0.3) is 5.91 Å². The molecule has 8 heteroatoms. The number of anilines is 1. The summed E-state index contributed by atoms with van der Waals surface area (Å²) in [5, 5.41) is 0.905. The topological polar surface area (TPSA) is 105 Å². The van der Waals surface area contributed by atoms with E-state index < -0.39 is 30.2 Å². The van der Waals surface area contributed by atoms with Crippen LogP contribution in [0.2, 0.25) is 0 Å². The van der Waals surface area contributed by atoms with Gasteiger partial charge in [-0.05, 0) is 61.9 Å². The number of fused-ring (bicyclic) bond motifs is 1. The van der Waals surface area contributed by atoms with Crippen molar-refractivity contribution in [2.75, 3.05) is 18.1 Å². The van der Waals surface area contributed by atoms with Gasteiger partial charge in [0.2, 0.25) is 5.91 Å². The highest BCUT2D eigenvalue weighted by atomic mass is 19.1. The van der Waals surface area contributed by atoms with Gasteiger partial charge in [0, 0.05) is 35.2 Å². The molecular formula is C22H22FN3O4. The van der Waals surface area contributed by atoms with Crippen LogP contribution in [0.4, 0.5) is 10.1 Å². The van der Waals surface area contributed by atoms with Gasteiger partial charge in [-0.2, -0.15) is 0 Å². The van der Waals surface area contributed by atoms with Crippen LogP contribution in [0.5, 0.6) is 0 Å². The van der Waals surface area contributed by atoms with Crippen molar-refractivity contribution in [3.63, 3.8) is 0 Å². The number of aryl methyl sites for hydroxylation is 2. The molecule has 0 saturated heterocycles. The van der Waals surface area contributed by atoms with Crippen molar-refractivity contribution in [1.29, 1.82) is 0 Å². The maximum Gasteiger partial charge on any atom is 0.338 e. The summed E-state index contributed by atoms with van der Waals surface area (Å²) in [6.45, 7) is 3.36. The van der Waals surface area contributed by atoms with Crippen LogP contribution in [-0.4, -0.2) is 35.9 Å². The average molecular weight is 411 g/mol. The molecule has 0 spiro atoms. The number of esters is 1. The van der Waals surface area contributed by atoms with Crippen LogP contribution in [0, 0.1) is 19.7 Å². The summed E-state index contributed by atoms with van der Waals surface area (Å²) in [4.78, 5) is 40.7. The number of nitrogens with zero attached hydrogens (tertiary/aromatic N) is 1. The van der Waals surface area contributed by atoms with Crippen molar-refractivity contribution in [1.82, 2.24) is 4.98 Å². The standard InChI is InChI=1S/C22H22FN3O4/c1-13-14(2)25-19-8-3-15(11-18(13)19)22(29)30-12-21(28)26(10-9-20(24)27)17-6-4-16(23)5-7-17/h3-8,11,25H,9-10,12H2,1-2H3,(H2,24,27). The molecule has 1 heterocycles. The van der Waals surface area contributed by atoms with Crippen LogP contribution in [-0.2, 0) is 14.3 Å². The van der Waals surface area contributed by atoms with Crippen molar-refractivity contribution in [3.05, 3.63) is 65.1 Å². The highest BCUT2D eigenvalue weighted by molar-refractivity contribution is 5.99. The van der Waals surface area contributed by atoms with Crippen LogP contribution >= 0.6 is 0 Å². The number of rotatable bonds is 7. The van der Waals surface area contributed by atoms with Gasteiger partial charge in [-0.15, -0.1) is 0 Å². The summed E-state index contributed by atoms with van der Waals surface area (Å²) in [6.07, 6.45) is -0.0835. The molecule has 0 atom stereocenters. The molecular weight excluding hydrogens is 389 g/mol. The van der Waals surface area contributed by atoms with E-state index in [4.69, 9.17) is 10.5 Å². The monoisotopic (exact) mass is 411 g/mol.